The zero-order chi connectivity index (χ0) is 16.5. The number of hydrogen-bond acceptors (Lipinski definition) is 6. The maximum atomic E-state index is 12.6. The minimum atomic E-state index is -0.0885. The molecule has 1 aliphatic heterocycles. The Labute approximate surface area is 140 Å². The van der Waals surface area contributed by atoms with E-state index in [4.69, 9.17) is 4.74 Å². The van der Waals surface area contributed by atoms with E-state index in [0.29, 0.717) is 24.3 Å². The van der Waals surface area contributed by atoms with E-state index in [2.05, 4.69) is 20.3 Å². The fraction of sp³-hybridized carbons (Fsp3) is 0.412. The number of nitrogens with zero attached hydrogens (tertiary/aromatic N) is 4. The molecule has 0 aromatic carbocycles. The lowest BCUT2D eigenvalue weighted by Gasteiger charge is -2.28. The van der Waals surface area contributed by atoms with Crippen molar-refractivity contribution in [1.29, 1.82) is 0 Å². The molecule has 3 heterocycles. The van der Waals surface area contributed by atoms with Crippen molar-refractivity contribution in [3.63, 3.8) is 0 Å². The smallest absolute Gasteiger partial charge is 0.226 e. The first kappa shape index (κ1) is 14.9. The molecule has 0 radical (unpaired) electrons. The molecule has 124 valence electrons. The largest absolute Gasteiger partial charge is 0.481 e. The van der Waals surface area contributed by atoms with Crippen LogP contribution in [0.4, 0.5) is 5.95 Å². The standard InChI is InChI=1S/C17H19N5O2/c1-24-14-6-8-19-17(21-14)20-13-9-15(23)22(12-4-5-12)16(13)11-3-2-7-18-10-11/h2-3,6-8,10,12-13,16H,4-5,9H2,1H3,(H,19,20,21)/t13-,16+/m1/s1. The first-order valence-electron chi connectivity index (χ1n) is 8.11. The van der Waals surface area contributed by atoms with Crippen molar-refractivity contribution in [2.45, 2.75) is 37.4 Å². The Morgan fingerprint density at radius 2 is 2.17 bits per heavy atom. The second-order valence-corrected chi connectivity index (χ2v) is 6.14. The first-order valence-corrected chi connectivity index (χ1v) is 8.11. The molecule has 0 bridgehead atoms. The van der Waals surface area contributed by atoms with Crippen LogP contribution in [0.15, 0.2) is 36.8 Å². The van der Waals surface area contributed by atoms with Crippen molar-refractivity contribution in [3.05, 3.63) is 42.4 Å². The maximum Gasteiger partial charge on any atom is 0.226 e. The zero-order valence-electron chi connectivity index (χ0n) is 13.4. The summed E-state index contributed by atoms with van der Waals surface area (Å²) in [6.07, 6.45) is 7.80. The third-order valence-corrected chi connectivity index (χ3v) is 4.48. The van der Waals surface area contributed by atoms with Crippen LogP contribution in [0.2, 0.25) is 0 Å². The van der Waals surface area contributed by atoms with Crippen LogP contribution in [0.5, 0.6) is 5.88 Å². The molecule has 0 unspecified atom stereocenters. The van der Waals surface area contributed by atoms with Crippen LogP contribution in [-0.2, 0) is 4.79 Å². The number of aromatic nitrogens is 3. The number of rotatable bonds is 5. The summed E-state index contributed by atoms with van der Waals surface area (Å²) in [6, 6.07) is 5.83. The lowest BCUT2D eigenvalue weighted by molar-refractivity contribution is -0.129. The summed E-state index contributed by atoms with van der Waals surface area (Å²) < 4.78 is 5.14. The predicted octanol–water partition coefficient (Wildman–Crippen LogP) is 1.80. The molecular weight excluding hydrogens is 306 g/mol. The number of hydrogen-bond donors (Lipinski definition) is 1. The van der Waals surface area contributed by atoms with Crippen LogP contribution < -0.4 is 10.1 Å². The van der Waals surface area contributed by atoms with E-state index in [0.717, 1.165) is 18.4 Å². The Balaban J connectivity index is 1.63. The van der Waals surface area contributed by atoms with Crippen LogP contribution in [0.3, 0.4) is 0 Å². The average molecular weight is 325 g/mol. The highest BCUT2D eigenvalue weighted by molar-refractivity contribution is 5.81. The predicted molar refractivity (Wildman–Crippen MR) is 87.5 cm³/mol. The molecule has 2 aliphatic rings. The number of amides is 1. The number of methoxy groups -OCH3 is 1. The minimum absolute atomic E-state index is 0.0477. The molecule has 2 aromatic rings. The van der Waals surface area contributed by atoms with Gasteiger partial charge >= 0.3 is 0 Å². The topological polar surface area (TPSA) is 80.2 Å². The van der Waals surface area contributed by atoms with E-state index in [-0.39, 0.29) is 18.0 Å². The molecule has 1 amide bonds. The van der Waals surface area contributed by atoms with Crippen molar-refractivity contribution < 1.29 is 9.53 Å². The van der Waals surface area contributed by atoms with Gasteiger partial charge in [-0.05, 0) is 24.5 Å². The van der Waals surface area contributed by atoms with Crippen molar-refractivity contribution in [2.75, 3.05) is 12.4 Å². The van der Waals surface area contributed by atoms with Crippen LogP contribution in [-0.4, -0.2) is 45.0 Å². The van der Waals surface area contributed by atoms with E-state index in [1.807, 2.05) is 23.2 Å². The molecule has 4 rings (SSSR count). The fourth-order valence-corrected chi connectivity index (χ4v) is 3.30. The SMILES string of the molecule is COc1ccnc(N[C@@H]2CC(=O)N(C3CC3)[C@H]2c2cccnc2)n1. The van der Waals surface area contributed by atoms with E-state index in [1.54, 1.807) is 25.6 Å². The molecule has 0 spiro atoms. The van der Waals surface area contributed by atoms with Gasteiger partial charge in [0.25, 0.3) is 0 Å². The van der Waals surface area contributed by atoms with Gasteiger partial charge in [0.2, 0.25) is 17.7 Å². The molecule has 1 aliphatic carbocycles. The number of carbonyl (C=O) groups excluding carboxylic acids is 1. The molecule has 1 saturated heterocycles. The van der Waals surface area contributed by atoms with Crippen molar-refractivity contribution in [2.24, 2.45) is 0 Å². The Bertz CT molecular complexity index is 735. The quantitative estimate of drug-likeness (QED) is 0.903. The summed E-state index contributed by atoms with van der Waals surface area (Å²) in [4.78, 5) is 27.3. The Morgan fingerprint density at radius 1 is 1.29 bits per heavy atom. The normalized spacial score (nSPS) is 23.4. The Kier molecular flexibility index (Phi) is 3.76. The first-order chi connectivity index (χ1) is 11.8. The second-order valence-electron chi connectivity index (χ2n) is 6.14. The van der Waals surface area contributed by atoms with Crippen molar-refractivity contribution >= 4 is 11.9 Å². The van der Waals surface area contributed by atoms with Crippen LogP contribution in [0.1, 0.15) is 30.9 Å². The van der Waals surface area contributed by atoms with Crippen molar-refractivity contribution in [1.82, 2.24) is 19.9 Å². The Hall–Kier alpha value is -2.70. The molecule has 2 fully saturated rings. The van der Waals surface area contributed by atoms with Gasteiger partial charge in [-0.15, -0.1) is 0 Å². The van der Waals surface area contributed by atoms with Gasteiger partial charge in [-0.3, -0.25) is 9.78 Å². The van der Waals surface area contributed by atoms with Gasteiger partial charge in [0.05, 0.1) is 19.2 Å². The lowest BCUT2D eigenvalue weighted by atomic mass is 10.0. The van der Waals surface area contributed by atoms with Crippen LogP contribution in [0, 0.1) is 0 Å². The molecule has 7 heteroatoms. The molecule has 7 nitrogen and oxygen atoms in total. The molecular formula is C17H19N5O2. The third kappa shape index (κ3) is 2.77. The minimum Gasteiger partial charge on any atom is -0.481 e. The number of likely N-dealkylation sites (tertiary alicyclic amines) is 1. The summed E-state index contributed by atoms with van der Waals surface area (Å²) >= 11 is 0. The zero-order valence-corrected chi connectivity index (χ0v) is 13.4. The highest BCUT2D eigenvalue weighted by atomic mass is 16.5. The van der Waals surface area contributed by atoms with Gasteiger partial charge in [0.1, 0.15) is 0 Å². The van der Waals surface area contributed by atoms with Gasteiger partial charge in [-0.2, -0.15) is 4.98 Å². The molecule has 1 N–H and O–H groups in total. The van der Waals surface area contributed by atoms with E-state index < -0.39 is 0 Å². The second kappa shape index (κ2) is 6.07. The highest BCUT2D eigenvalue weighted by Crippen LogP contribution is 2.42. The van der Waals surface area contributed by atoms with E-state index >= 15 is 0 Å². The van der Waals surface area contributed by atoms with Crippen LogP contribution in [0.25, 0.3) is 0 Å². The summed E-state index contributed by atoms with van der Waals surface area (Å²) in [6.45, 7) is 0. The van der Waals surface area contributed by atoms with Gasteiger partial charge in [-0.25, -0.2) is 4.98 Å². The Morgan fingerprint density at radius 3 is 2.88 bits per heavy atom. The number of nitrogens with one attached hydrogen (secondary N) is 1. The fourth-order valence-electron chi connectivity index (χ4n) is 3.30. The lowest BCUT2D eigenvalue weighted by Crippen LogP contribution is -2.34. The molecule has 24 heavy (non-hydrogen) atoms. The van der Waals surface area contributed by atoms with Crippen molar-refractivity contribution in [3.8, 4) is 5.88 Å². The third-order valence-electron chi connectivity index (χ3n) is 4.48. The average Bonchev–Trinajstić information content (AvgIpc) is 3.40. The molecule has 2 aromatic heterocycles. The maximum absolute atomic E-state index is 12.6. The van der Waals surface area contributed by atoms with Gasteiger partial charge in [-0.1, -0.05) is 6.07 Å². The highest BCUT2D eigenvalue weighted by Gasteiger charge is 2.47. The summed E-state index contributed by atoms with van der Waals surface area (Å²) in [5, 5.41) is 3.31. The summed E-state index contributed by atoms with van der Waals surface area (Å²) in [5.74, 6) is 1.14. The van der Waals surface area contributed by atoms with E-state index in [9.17, 15) is 4.79 Å². The molecule has 1 saturated carbocycles. The molecule has 2 atom stereocenters. The van der Waals surface area contributed by atoms with Gasteiger partial charge in [0.15, 0.2) is 0 Å². The number of pyridine rings is 1. The summed E-state index contributed by atoms with van der Waals surface area (Å²) in [5.41, 5.74) is 1.04. The summed E-state index contributed by atoms with van der Waals surface area (Å²) in [7, 11) is 1.57. The number of anilines is 1. The number of carbonyl (C=O) groups is 1. The van der Waals surface area contributed by atoms with Crippen LogP contribution >= 0.6 is 0 Å². The van der Waals surface area contributed by atoms with Gasteiger partial charge < -0.3 is 15.0 Å². The monoisotopic (exact) mass is 325 g/mol. The van der Waals surface area contributed by atoms with E-state index in [1.165, 1.54) is 0 Å². The van der Waals surface area contributed by atoms with Gasteiger partial charge in [0, 0.05) is 37.1 Å². The number of ether oxygens (including phenoxy) is 1.